The van der Waals surface area contributed by atoms with Gasteiger partial charge in [-0.3, -0.25) is 9.98 Å². The molecule has 0 spiro atoms. The molecule has 0 amide bonds. The topological polar surface area (TPSA) is 58.7 Å². The van der Waals surface area contributed by atoms with Crippen molar-refractivity contribution in [2.24, 2.45) is 9.98 Å². The van der Waals surface area contributed by atoms with Crippen LogP contribution in [0.2, 0.25) is 0 Å². The first kappa shape index (κ1) is 15.4. The maximum Gasteiger partial charge on any atom is 0.170 e. The van der Waals surface area contributed by atoms with Crippen LogP contribution in [0.5, 0.6) is 0 Å². The Labute approximate surface area is 145 Å². The zero-order valence-corrected chi connectivity index (χ0v) is 14.9. The highest BCUT2D eigenvalue weighted by Crippen LogP contribution is 2.36. The Morgan fingerprint density at radius 2 is 2.12 bits per heavy atom. The van der Waals surface area contributed by atoms with Crippen LogP contribution in [0, 0.1) is 0 Å². The quantitative estimate of drug-likeness (QED) is 0.801. The van der Waals surface area contributed by atoms with Crippen LogP contribution in [0.25, 0.3) is 5.69 Å². The molecule has 1 aromatic heterocycles. The number of hydrogen-bond acceptors (Lipinski definition) is 5. The van der Waals surface area contributed by atoms with E-state index in [2.05, 4.69) is 54.2 Å². The van der Waals surface area contributed by atoms with E-state index in [0.717, 1.165) is 36.2 Å². The third kappa shape index (κ3) is 2.84. The van der Waals surface area contributed by atoms with E-state index in [1.54, 1.807) is 22.6 Å². The molecule has 0 radical (unpaired) electrons. The van der Waals surface area contributed by atoms with E-state index in [1.807, 2.05) is 6.20 Å². The van der Waals surface area contributed by atoms with Gasteiger partial charge >= 0.3 is 0 Å². The second kappa shape index (κ2) is 5.73. The molecule has 7 heteroatoms. The Bertz CT molecular complexity index is 816. The number of rotatable bonds is 1. The summed E-state index contributed by atoms with van der Waals surface area (Å²) in [4.78, 5) is 13.1. The fourth-order valence-corrected chi connectivity index (χ4v) is 4.07. The second-order valence-electron chi connectivity index (χ2n) is 6.91. The highest BCUT2D eigenvalue weighted by Gasteiger charge is 2.31. The average molecular weight is 340 g/mol. The van der Waals surface area contributed by atoms with Gasteiger partial charge in [0.25, 0.3) is 0 Å². The number of thioether (sulfide) groups is 1. The molecule has 124 valence electrons. The molecule has 1 aromatic carbocycles. The molecule has 0 unspecified atom stereocenters. The molecule has 4 rings (SSSR count). The Hall–Kier alpha value is -2.15. The summed E-state index contributed by atoms with van der Waals surface area (Å²) in [5.74, 6) is 1.04. The Morgan fingerprint density at radius 3 is 2.88 bits per heavy atom. The number of nitrogens with zero attached hydrogens (tertiary/aromatic N) is 6. The highest BCUT2D eigenvalue weighted by molar-refractivity contribution is 8.14. The lowest BCUT2D eigenvalue weighted by Gasteiger charge is -2.36. The summed E-state index contributed by atoms with van der Waals surface area (Å²) in [5.41, 5.74) is 2.06. The predicted octanol–water partition coefficient (Wildman–Crippen LogP) is 2.98. The SMILES string of the molecule is CC(C)(C)N=C1Sc2cc(-n3ccnn3)ccc2C2=NCCCN12. The lowest BCUT2D eigenvalue weighted by Crippen LogP contribution is -2.43. The van der Waals surface area contributed by atoms with Crippen molar-refractivity contribution in [3.8, 4) is 5.69 Å². The van der Waals surface area contributed by atoms with Crippen LogP contribution in [0.1, 0.15) is 32.8 Å². The number of fused-ring (bicyclic) bond motifs is 3. The van der Waals surface area contributed by atoms with Crippen LogP contribution in [0.4, 0.5) is 0 Å². The van der Waals surface area contributed by atoms with Gasteiger partial charge in [0.15, 0.2) is 5.17 Å². The van der Waals surface area contributed by atoms with Crippen molar-refractivity contribution in [2.45, 2.75) is 37.6 Å². The van der Waals surface area contributed by atoms with E-state index < -0.39 is 0 Å². The molecule has 0 saturated heterocycles. The number of benzene rings is 1. The summed E-state index contributed by atoms with van der Waals surface area (Å²) in [6.07, 6.45) is 4.61. The van der Waals surface area contributed by atoms with E-state index in [1.165, 1.54) is 10.5 Å². The number of aliphatic imine (C=N–C) groups is 2. The number of hydrogen-bond donors (Lipinski definition) is 0. The molecule has 0 N–H and O–H groups in total. The number of amidine groups is 2. The third-order valence-corrected chi connectivity index (χ3v) is 4.87. The van der Waals surface area contributed by atoms with Crippen LogP contribution >= 0.6 is 11.8 Å². The maximum absolute atomic E-state index is 4.93. The molecule has 6 nitrogen and oxygen atoms in total. The monoisotopic (exact) mass is 340 g/mol. The molecular formula is C17H20N6S. The van der Waals surface area contributed by atoms with Crippen molar-refractivity contribution in [1.82, 2.24) is 19.9 Å². The third-order valence-electron chi connectivity index (χ3n) is 3.81. The van der Waals surface area contributed by atoms with Crippen molar-refractivity contribution in [2.75, 3.05) is 13.1 Å². The molecule has 2 aromatic rings. The van der Waals surface area contributed by atoms with Gasteiger partial charge in [0, 0.05) is 23.5 Å². The van der Waals surface area contributed by atoms with Gasteiger partial charge in [-0.05, 0) is 45.4 Å². The summed E-state index contributed by atoms with van der Waals surface area (Å²) in [6, 6.07) is 6.33. The smallest absolute Gasteiger partial charge is 0.170 e. The van der Waals surface area contributed by atoms with E-state index in [4.69, 9.17) is 9.98 Å². The summed E-state index contributed by atoms with van der Waals surface area (Å²) < 4.78 is 1.77. The van der Waals surface area contributed by atoms with Gasteiger partial charge in [-0.1, -0.05) is 17.0 Å². The van der Waals surface area contributed by atoms with Gasteiger partial charge in [-0.15, -0.1) is 5.10 Å². The first-order valence-electron chi connectivity index (χ1n) is 8.12. The normalized spacial score (nSPS) is 19.0. The van der Waals surface area contributed by atoms with Gasteiger partial charge in [0.05, 0.1) is 23.6 Å². The van der Waals surface area contributed by atoms with E-state index >= 15 is 0 Å². The van der Waals surface area contributed by atoms with Gasteiger partial charge in [0.2, 0.25) is 0 Å². The Kier molecular flexibility index (Phi) is 3.68. The summed E-state index contributed by atoms with van der Waals surface area (Å²) in [7, 11) is 0. The van der Waals surface area contributed by atoms with E-state index in [0.29, 0.717) is 0 Å². The van der Waals surface area contributed by atoms with Gasteiger partial charge in [-0.2, -0.15) is 0 Å². The zero-order chi connectivity index (χ0) is 16.7. The first-order chi connectivity index (χ1) is 11.5. The second-order valence-corrected chi connectivity index (χ2v) is 7.91. The fraction of sp³-hybridized carbons (Fsp3) is 0.412. The van der Waals surface area contributed by atoms with E-state index in [-0.39, 0.29) is 5.54 Å². The molecule has 2 aliphatic heterocycles. The molecule has 2 aliphatic rings. The lowest BCUT2D eigenvalue weighted by atomic mass is 10.1. The van der Waals surface area contributed by atoms with Crippen molar-refractivity contribution < 1.29 is 0 Å². The Morgan fingerprint density at radius 1 is 1.25 bits per heavy atom. The minimum atomic E-state index is -0.119. The van der Waals surface area contributed by atoms with Gasteiger partial charge in [-0.25, -0.2) is 4.68 Å². The van der Waals surface area contributed by atoms with Crippen LogP contribution in [-0.2, 0) is 0 Å². The molecule has 3 heterocycles. The fourth-order valence-electron chi connectivity index (χ4n) is 2.81. The highest BCUT2D eigenvalue weighted by atomic mass is 32.2. The first-order valence-corrected chi connectivity index (χ1v) is 8.94. The average Bonchev–Trinajstić information content (AvgIpc) is 3.07. The summed E-state index contributed by atoms with van der Waals surface area (Å²) in [6.45, 7) is 8.24. The molecule has 0 aliphatic carbocycles. The largest absolute Gasteiger partial charge is 0.305 e. The van der Waals surface area contributed by atoms with Crippen LogP contribution in [0.15, 0.2) is 45.5 Å². The van der Waals surface area contributed by atoms with E-state index in [9.17, 15) is 0 Å². The van der Waals surface area contributed by atoms with Crippen molar-refractivity contribution >= 4 is 22.8 Å². The molecule has 0 bridgehead atoms. The molecule has 0 fully saturated rings. The predicted molar refractivity (Wildman–Crippen MR) is 97.1 cm³/mol. The zero-order valence-electron chi connectivity index (χ0n) is 14.1. The standard InChI is InChI=1S/C17H20N6S/c1-17(2,3)20-16-22-9-4-7-18-15(22)13-6-5-12(11-14(13)24-16)23-10-8-19-21-23/h5-6,8,10-11H,4,7,9H2,1-3H3. The summed E-state index contributed by atoms with van der Waals surface area (Å²) in [5, 5.41) is 9.00. The molecule has 0 saturated carbocycles. The Balaban J connectivity index is 1.82. The van der Waals surface area contributed by atoms with Crippen molar-refractivity contribution in [3.63, 3.8) is 0 Å². The lowest BCUT2D eigenvalue weighted by molar-refractivity contribution is 0.527. The van der Waals surface area contributed by atoms with Crippen molar-refractivity contribution in [3.05, 3.63) is 36.2 Å². The van der Waals surface area contributed by atoms with Crippen LogP contribution in [-0.4, -0.2) is 49.5 Å². The van der Waals surface area contributed by atoms with Gasteiger partial charge < -0.3 is 4.90 Å². The minimum absolute atomic E-state index is 0.119. The van der Waals surface area contributed by atoms with Gasteiger partial charge in [0.1, 0.15) is 5.84 Å². The van der Waals surface area contributed by atoms with Crippen molar-refractivity contribution in [1.29, 1.82) is 0 Å². The molecule has 0 atom stereocenters. The minimum Gasteiger partial charge on any atom is -0.305 e. The summed E-state index contributed by atoms with van der Waals surface area (Å²) >= 11 is 1.71. The number of aromatic nitrogens is 3. The maximum atomic E-state index is 4.93. The molecular weight excluding hydrogens is 320 g/mol. The van der Waals surface area contributed by atoms with Crippen LogP contribution < -0.4 is 0 Å². The van der Waals surface area contributed by atoms with Crippen LogP contribution in [0.3, 0.4) is 0 Å². The molecule has 24 heavy (non-hydrogen) atoms.